The predicted octanol–water partition coefficient (Wildman–Crippen LogP) is 10.1. The SMILES string of the molecule is CCc1nn2c(-c3ccc(OC)cc3OC)coc2c1N(CC1CC1)C(=O)OC(C)(C)C.CCc1nn2c(-c3ccc(OC)cc3OC)coc2c1N(CC1CCOCC1)CC1CC1. The molecule has 2 aromatic carbocycles. The minimum Gasteiger partial charge on any atom is -0.497 e. The Morgan fingerprint density at radius 1 is 0.672 bits per heavy atom. The second-order valence-electron chi connectivity index (χ2n) is 18.0. The van der Waals surface area contributed by atoms with E-state index in [4.69, 9.17) is 47.5 Å². The van der Waals surface area contributed by atoms with E-state index in [1.54, 1.807) is 50.4 Å². The van der Waals surface area contributed by atoms with Crippen LogP contribution in [0, 0.1) is 17.8 Å². The van der Waals surface area contributed by atoms with E-state index in [0.29, 0.717) is 47.7 Å². The molecule has 1 amide bonds. The number of methoxy groups -OCH3 is 4. The third-order valence-electron chi connectivity index (χ3n) is 12.2. The second kappa shape index (κ2) is 19.1. The average molecular weight is 881 g/mol. The largest absolute Gasteiger partial charge is 0.497 e. The Kier molecular flexibility index (Phi) is 13.4. The Labute approximate surface area is 375 Å². The lowest BCUT2D eigenvalue weighted by atomic mass is 9.99. The van der Waals surface area contributed by atoms with E-state index in [2.05, 4.69) is 11.8 Å². The van der Waals surface area contributed by atoms with Crippen molar-refractivity contribution in [1.82, 2.24) is 19.2 Å². The second-order valence-corrected chi connectivity index (χ2v) is 18.0. The van der Waals surface area contributed by atoms with E-state index in [9.17, 15) is 4.79 Å². The molecule has 5 heterocycles. The minimum absolute atomic E-state index is 0.381. The minimum atomic E-state index is -0.595. The number of carbonyl (C=O) groups is 1. The van der Waals surface area contributed by atoms with Crippen LogP contribution in [0.1, 0.15) is 84.5 Å². The van der Waals surface area contributed by atoms with E-state index < -0.39 is 5.60 Å². The zero-order valence-corrected chi connectivity index (χ0v) is 38.9. The fraction of sp³-hybridized carbons (Fsp3) is 0.531. The number of anilines is 2. The maximum atomic E-state index is 13.2. The number of rotatable bonds is 16. The number of oxazole rings is 2. The number of hydrogen-bond donors (Lipinski definition) is 0. The van der Waals surface area contributed by atoms with Gasteiger partial charge in [-0.3, -0.25) is 4.90 Å². The standard InChI is InChI=1S/C25H33N3O4.C24H31N3O5/c1-4-21-24(27(14-17-5-6-17)15-18-9-11-31-12-10-18)25-28(26-21)22(16-32-25)20-8-7-19(29-2)13-23(20)30-3;1-7-18-21(26(13-15-8-9-15)23(28)32-24(2,3)4)22-27(25-18)19(14-31-22)17-11-10-16(29-5)12-20(17)30-6/h7-8,13,16-18H,4-6,9-12,14-15H2,1-3H3;10-12,14-15H,7-9,13H2,1-6H3. The number of nitrogens with zero attached hydrogens (tertiary/aromatic N) is 6. The molecular formula is C49H64N6O9. The quantitative estimate of drug-likeness (QED) is 0.0914. The van der Waals surface area contributed by atoms with Crippen LogP contribution >= 0.6 is 0 Å². The number of amides is 1. The van der Waals surface area contributed by atoms with Gasteiger partial charge in [-0.15, -0.1) is 0 Å². The summed E-state index contributed by atoms with van der Waals surface area (Å²) in [6, 6.07) is 11.4. The number of aryl methyl sites for hydroxylation is 2. The van der Waals surface area contributed by atoms with Crippen molar-refractivity contribution in [3.8, 4) is 45.5 Å². The van der Waals surface area contributed by atoms with Crippen LogP contribution < -0.4 is 28.7 Å². The summed E-state index contributed by atoms with van der Waals surface area (Å²) < 4.78 is 49.1. The van der Waals surface area contributed by atoms with Gasteiger partial charge in [0.1, 0.15) is 63.9 Å². The highest BCUT2D eigenvalue weighted by atomic mass is 16.6. The Morgan fingerprint density at radius 2 is 1.14 bits per heavy atom. The van der Waals surface area contributed by atoms with Crippen LogP contribution in [-0.4, -0.2) is 92.2 Å². The van der Waals surface area contributed by atoms with Crippen molar-refractivity contribution < 1.29 is 42.1 Å². The number of carbonyl (C=O) groups excluding carboxylic acids is 1. The first-order chi connectivity index (χ1) is 31.0. The smallest absolute Gasteiger partial charge is 0.415 e. The number of benzene rings is 2. The highest BCUT2D eigenvalue weighted by molar-refractivity contribution is 5.94. The molecule has 15 heteroatoms. The Balaban J connectivity index is 0.000000175. The van der Waals surface area contributed by atoms with Gasteiger partial charge in [-0.25, -0.2) is 4.79 Å². The third kappa shape index (κ3) is 9.64. The van der Waals surface area contributed by atoms with Crippen LogP contribution in [0.5, 0.6) is 23.0 Å². The Morgan fingerprint density at radius 3 is 1.59 bits per heavy atom. The molecule has 0 spiro atoms. The summed E-state index contributed by atoms with van der Waals surface area (Å²) in [6.45, 7) is 14.2. The normalized spacial score (nSPS) is 15.5. The average Bonchev–Trinajstić information content (AvgIpc) is 4.14. The Bertz CT molecular complexity index is 2530. The fourth-order valence-electron chi connectivity index (χ4n) is 8.42. The summed E-state index contributed by atoms with van der Waals surface area (Å²) in [4.78, 5) is 17.4. The monoisotopic (exact) mass is 880 g/mol. The molecule has 1 saturated heterocycles. The molecule has 6 aromatic rings. The number of aromatic nitrogens is 4. The van der Waals surface area contributed by atoms with Crippen LogP contribution in [-0.2, 0) is 22.3 Å². The molecule has 3 aliphatic rings. The molecule has 9 rings (SSSR count). The predicted molar refractivity (Wildman–Crippen MR) is 246 cm³/mol. The lowest BCUT2D eigenvalue weighted by Crippen LogP contribution is -2.38. The van der Waals surface area contributed by atoms with Gasteiger partial charge in [0.05, 0.1) is 39.8 Å². The molecule has 2 aliphatic carbocycles. The van der Waals surface area contributed by atoms with Gasteiger partial charge in [-0.05, 0) is 114 Å². The molecule has 2 saturated carbocycles. The first kappa shape index (κ1) is 44.8. The molecule has 1 aliphatic heterocycles. The molecule has 0 unspecified atom stereocenters. The summed E-state index contributed by atoms with van der Waals surface area (Å²) in [5.41, 5.74) is 7.81. The molecule has 3 fully saturated rings. The van der Waals surface area contributed by atoms with E-state index in [1.165, 1.54) is 12.8 Å². The molecular weight excluding hydrogens is 817 g/mol. The summed E-state index contributed by atoms with van der Waals surface area (Å²) >= 11 is 0. The van der Waals surface area contributed by atoms with Gasteiger partial charge in [0.15, 0.2) is 0 Å². The van der Waals surface area contributed by atoms with E-state index >= 15 is 0 Å². The molecule has 0 atom stereocenters. The van der Waals surface area contributed by atoms with Gasteiger partial charge in [-0.1, -0.05) is 13.8 Å². The summed E-state index contributed by atoms with van der Waals surface area (Å²) in [7, 11) is 6.56. The molecule has 4 aromatic heterocycles. The van der Waals surface area contributed by atoms with Gasteiger partial charge < -0.3 is 42.2 Å². The van der Waals surface area contributed by atoms with Crippen molar-refractivity contribution in [2.24, 2.45) is 17.8 Å². The maximum Gasteiger partial charge on any atom is 0.415 e. The van der Waals surface area contributed by atoms with E-state index in [-0.39, 0.29) is 6.09 Å². The summed E-state index contributed by atoms with van der Waals surface area (Å²) in [6.07, 6.45) is 11.7. The van der Waals surface area contributed by atoms with Crippen molar-refractivity contribution >= 4 is 28.9 Å². The molecule has 15 nitrogen and oxygen atoms in total. The third-order valence-corrected chi connectivity index (χ3v) is 12.2. The highest BCUT2D eigenvalue weighted by Crippen LogP contribution is 2.42. The van der Waals surface area contributed by atoms with Crippen LogP contribution in [0.25, 0.3) is 33.9 Å². The zero-order valence-electron chi connectivity index (χ0n) is 38.9. The molecule has 0 radical (unpaired) electrons. The lowest BCUT2D eigenvalue weighted by Gasteiger charge is -2.31. The lowest BCUT2D eigenvalue weighted by molar-refractivity contribution is 0.0578. The van der Waals surface area contributed by atoms with Gasteiger partial charge in [-0.2, -0.15) is 19.2 Å². The number of hydrogen-bond acceptors (Lipinski definition) is 12. The first-order valence-electron chi connectivity index (χ1n) is 22.7. The zero-order chi connectivity index (χ0) is 45.1. The first-order valence-corrected chi connectivity index (χ1v) is 22.7. The van der Waals surface area contributed by atoms with Crippen LogP contribution in [0.15, 0.2) is 57.8 Å². The van der Waals surface area contributed by atoms with Crippen LogP contribution in [0.3, 0.4) is 0 Å². The van der Waals surface area contributed by atoms with Crippen molar-refractivity contribution in [2.75, 3.05) is 71.1 Å². The van der Waals surface area contributed by atoms with Crippen molar-refractivity contribution in [3.05, 3.63) is 60.3 Å². The number of fused-ring (bicyclic) bond motifs is 2. The van der Waals surface area contributed by atoms with Crippen molar-refractivity contribution in [1.29, 1.82) is 0 Å². The molecule has 0 N–H and O–H groups in total. The molecule has 64 heavy (non-hydrogen) atoms. The van der Waals surface area contributed by atoms with E-state index in [0.717, 1.165) is 121 Å². The summed E-state index contributed by atoms with van der Waals surface area (Å²) in [5, 5.41) is 9.80. The Hall–Kier alpha value is -5.83. The van der Waals surface area contributed by atoms with Gasteiger partial charge in [0.2, 0.25) is 11.4 Å². The van der Waals surface area contributed by atoms with Crippen molar-refractivity contribution in [3.63, 3.8) is 0 Å². The molecule has 344 valence electrons. The fourth-order valence-corrected chi connectivity index (χ4v) is 8.42. The van der Waals surface area contributed by atoms with Crippen LogP contribution in [0.2, 0.25) is 0 Å². The van der Waals surface area contributed by atoms with Gasteiger partial charge >= 0.3 is 6.09 Å². The van der Waals surface area contributed by atoms with E-state index in [1.807, 2.05) is 68.6 Å². The van der Waals surface area contributed by atoms with Gasteiger partial charge in [0, 0.05) is 56.1 Å². The summed E-state index contributed by atoms with van der Waals surface area (Å²) in [5.74, 6) is 4.74. The molecule has 0 bridgehead atoms. The number of ether oxygens (including phenoxy) is 6. The van der Waals surface area contributed by atoms with Gasteiger partial charge in [0.25, 0.3) is 0 Å². The highest BCUT2D eigenvalue weighted by Gasteiger charge is 2.36. The van der Waals surface area contributed by atoms with Crippen molar-refractivity contribution in [2.45, 2.75) is 91.6 Å². The topological polar surface area (TPSA) is 140 Å². The van der Waals surface area contributed by atoms with Crippen LogP contribution in [0.4, 0.5) is 16.2 Å². The maximum absolute atomic E-state index is 13.2.